The molecule has 7 heteroatoms. The number of halogens is 3. The molecule has 1 heterocycles. The zero-order valence-electron chi connectivity index (χ0n) is 8.12. The van der Waals surface area contributed by atoms with Crippen molar-refractivity contribution in [2.75, 3.05) is 24.2 Å². The summed E-state index contributed by atoms with van der Waals surface area (Å²) in [6, 6.07) is 0. The molecule has 0 aliphatic rings. The fraction of sp³-hybridized carbons (Fsp3) is 0.500. The third-order valence-electron chi connectivity index (χ3n) is 1.73. The molecule has 0 radical (unpaired) electrons. The van der Waals surface area contributed by atoms with Crippen LogP contribution in [0.2, 0.25) is 0 Å². The highest BCUT2D eigenvalue weighted by molar-refractivity contribution is 5.37. The van der Waals surface area contributed by atoms with Crippen LogP contribution in [0.25, 0.3) is 0 Å². The number of anilines is 2. The second-order valence-electron chi connectivity index (χ2n) is 3.10. The highest BCUT2D eigenvalue weighted by Gasteiger charge is 2.27. The van der Waals surface area contributed by atoms with Crippen molar-refractivity contribution in [1.29, 1.82) is 0 Å². The van der Waals surface area contributed by atoms with Crippen LogP contribution >= 0.6 is 0 Å². The van der Waals surface area contributed by atoms with Gasteiger partial charge in [0, 0.05) is 13.6 Å². The Labute approximate surface area is 84.9 Å². The summed E-state index contributed by atoms with van der Waals surface area (Å²) < 4.78 is 35.7. The maximum absolute atomic E-state index is 11.9. The summed E-state index contributed by atoms with van der Waals surface area (Å²) >= 11 is 0. The third-order valence-corrected chi connectivity index (χ3v) is 1.73. The lowest BCUT2D eigenvalue weighted by molar-refractivity contribution is -0.132. The van der Waals surface area contributed by atoms with Gasteiger partial charge in [-0.3, -0.25) is 0 Å². The molecule has 0 amide bonds. The summed E-state index contributed by atoms with van der Waals surface area (Å²) in [5.74, 6) is 0.230. The number of nitrogens with two attached hydrogens (primary N) is 1. The zero-order valence-corrected chi connectivity index (χ0v) is 8.12. The monoisotopic (exact) mass is 220 g/mol. The fourth-order valence-corrected chi connectivity index (χ4v) is 0.923. The minimum Gasteiger partial charge on any atom is -0.396 e. The standard InChI is InChI=1S/C8H11F3N4/c1-15(3-2-8(9,10)11)7-13-4-6(12)5-14-7/h4-5H,2-3,12H2,1H3. The molecule has 1 aromatic heterocycles. The molecule has 0 spiro atoms. The maximum Gasteiger partial charge on any atom is 0.390 e. The van der Waals surface area contributed by atoms with Crippen molar-refractivity contribution in [1.82, 2.24) is 9.97 Å². The van der Waals surface area contributed by atoms with Gasteiger partial charge in [-0.25, -0.2) is 9.97 Å². The highest BCUT2D eigenvalue weighted by Crippen LogP contribution is 2.20. The normalized spacial score (nSPS) is 11.5. The van der Waals surface area contributed by atoms with Crippen molar-refractivity contribution >= 4 is 11.6 Å². The number of aromatic nitrogens is 2. The highest BCUT2D eigenvalue weighted by atomic mass is 19.4. The Morgan fingerprint density at radius 2 is 1.87 bits per heavy atom. The average Bonchev–Trinajstić information content (AvgIpc) is 2.14. The van der Waals surface area contributed by atoms with E-state index in [2.05, 4.69) is 9.97 Å². The molecule has 1 rings (SSSR count). The van der Waals surface area contributed by atoms with E-state index >= 15 is 0 Å². The van der Waals surface area contributed by atoms with Gasteiger partial charge in [0.1, 0.15) is 0 Å². The van der Waals surface area contributed by atoms with E-state index in [9.17, 15) is 13.2 Å². The van der Waals surface area contributed by atoms with E-state index in [1.165, 1.54) is 24.3 Å². The van der Waals surface area contributed by atoms with E-state index in [1.807, 2.05) is 0 Å². The van der Waals surface area contributed by atoms with Crippen LogP contribution in [-0.2, 0) is 0 Å². The molecule has 0 bridgehead atoms. The lowest BCUT2D eigenvalue weighted by atomic mass is 10.4. The van der Waals surface area contributed by atoms with Crippen molar-refractivity contribution in [2.24, 2.45) is 0 Å². The Morgan fingerprint density at radius 3 is 2.33 bits per heavy atom. The fourth-order valence-electron chi connectivity index (χ4n) is 0.923. The summed E-state index contributed by atoms with van der Waals surface area (Å²) in [4.78, 5) is 8.93. The first-order valence-corrected chi connectivity index (χ1v) is 4.24. The topological polar surface area (TPSA) is 55.0 Å². The average molecular weight is 220 g/mol. The number of alkyl halides is 3. The predicted octanol–water partition coefficient (Wildman–Crippen LogP) is 1.45. The van der Waals surface area contributed by atoms with Crippen LogP contribution in [0.15, 0.2) is 12.4 Å². The van der Waals surface area contributed by atoms with Crippen LogP contribution in [0.3, 0.4) is 0 Å². The van der Waals surface area contributed by atoms with E-state index in [1.54, 1.807) is 0 Å². The Kier molecular flexibility index (Phi) is 3.33. The zero-order chi connectivity index (χ0) is 11.5. The summed E-state index contributed by atoms with van der Waals surface area (Å²) in [7, 11) is 1.50. The smallest absolute Gasteiger partial charge is 0.390 e. The first-order chi connectivity index (χ1) is 6.88. The van der Waals surface area contributed by atoms with Crippen LogP contribution in [0.5, 0.6) is 0 Å². The molecule has 0 aliphatic heterocycles. The molecule has 0 unspecified atom stereocenters. The van der Waals surface area contributed by atoms with Crippen LogP contribution in [0, 0.1) is 0 Å². The molecule has 4 nitrogen and oxygen atoms in total. The molecule has 1 aromatic rings. The van der Waals surface area contributed by atoms with Crippen molar-refractivity contribution in [3.8, 4) is 0 Å². The molecule has 0 aromatic carbocycles. The first kappa shape index (κ1) is 11.5. The SMILES string of the molecule is CN(CCC(F)(F)F)c1ncc(N)cn1. The van der Waals surface area contributed by atoms with Gasteiger partial charge in [-0.05, 0) is 0 Å². The van der Waals surface area contributed by atoms with Gasteiger partial charge in [-0.2, -0.15) is 13.2 Å². The van der Waals surface area contributed by atoms with Gasteiger partial charge in [-0.15, -0.1) is 0 Å². The van der Waals surface area contributed by atoms with E-state index in [0.29, 0.717) is 5.69 Å². The molecule has 0 aliphatic carbocycles. The van der Waals surface area contributed by atoms with Gasteiger partial charge < -0.3 is 10.6 Å². The molecule has 84 valence electrons. The Hall–Kier alpha value is -1.53. The van der Waals surface area contributed by atoms with Gasteiger partial charge in [0.2, 0.25) is 5.95 Å². The molecule has 0 saturated heterocycles. The number of rotatable bonds is 3. The molecular formula is C8H11F3N4. The second kappa shape index (κ2) is 4.33. The maximum atomic E-state index is 11.9. The van der Waals surface area contributed by atoms with Crippen molar-refractivity contribution in [2.45, 2.75) is 12.6 Å². The van der Waals surface area contributed by atoms with Crippen LogP contribution in [0.4, 0.5) is 24.8 Å². The minimum absolute atomic E-state index is 0.173. The third kappa shape index (κ3) is 4.01. The lowest BCUT2D eigenvalue weighted by Crippen LogP contribution is -2.25. The molecule has 15 heavy (non-hydrogen) atoms. The Bertz CT molecular complexity index is 309. The summed E-state index contributed by atoms with van der Waals surface area (Å²) in [6.45, 7) is -0.173. The molecule has 0 fully saturated rings. The number of hydrogen-bond donors (Lipinski definition) is 1. The Morgan fingerprint density at radius 1 is 1.33 bits per heavy atom. The summed E-state index contributed by atoms with van der Waals surface area (Å²) in [5, 5.41) is 0. The van der Waals surface area contributed by atoms with Gasteiger partial charge >= 0.3 is 6.18 Å². The molecule has 0 saturated carbocycles. The number of nitrogen functional groups attached to an aromatic ring is 1. The predicted molar refractivity (Wildman–Crippen MR) is 50.4 cm³/mol. The number of nitrogens with zero attached hydrogens (tertiary/aromatic N) is 3. The molecule has 0 atom stereocenters. The summed E-state index contributed by atoms with van der Waals surface area (Å²) in [5.41, 5.74) is 5.72. The van der Waals surface area contributed by atoms with E-state index < -0.39 is 12.6 Å². The van der Waals surface area contributed by atoms with E-state index in [0.717, 1.165) is 0 Å². The van der Waals surface area contributed by atoms with Gasteiger partial charge in [0.25, 0.3) is 0 Å². The second-order valence-corrected chi connectivity index (χ2v) is 3.10. The van der Waals surface area contributed by atoms with Crippen molar-refractivity contribution < 1.29 is 13.2 Å². The molecular weight excluding hydrogens is 209 g/mol. The van der Waals surface area contributed by atoms with E-state index in [4.69, 9.17) is 5.73 Å². The van der Waals surface area contributed by atoms with Gasteiger partial charge in [-0.1, -0.05) is 0 Å². The lowest BCUT2D eigenvalue weighted by Gasteiger charge is -2.17. The van der Waals surface area contributed by atoms with Gasteiger partial charge in [0.05, 0.1) is 24.5 Å². The quantitative estimate of drug-likeness (QED) is 0.837. The first-order valence-electron chi connectivity index (χ1n) is 4.24. The largest absolute Gasteiger partial charge is 0.396 e. The van der Waals surface area contributed by atoms with Crippen LogP contribution in [-0.4, -0.2) is 29.7 Å². The molecule has 2 N–H and O–H groups in total. The summed E-state index contributed by atoms with van der Waals surface area (Å²) in [6.07, 6.45) is -2.35. The Balaban J connectivity index is 2.54. The number of hydrogen-bond acceptors (Lipinski definition) is 4. The van der Waals surface area contributed by atoms with E-state index in [-0.39, 0.29) is 12.5 Å². The van der Waals surface area contributed by atoms with Crippen molar-refractivity contribution in [3.63, 3.8) is 0 Å². The van der Waals surface area contributed by atoms with Crippen LogP contribution in [0.1, 0.15) is 6.42 Å². The van der Waals surface area contributed by atoms with Gasteiger partial charge in [0.15, 0.2) is 0 Å². The van der Waals surface area contributed by atoms with Crippen molar-refractivity contribution in [3.05, 3.63) is 12.4 Å². The van der Waals surface area contributed by atoms with Crippen LogP contribution < -0.4 is 10.6 Å². The minimum atomic E-state index is -4.16.